The molecule has 0 bridgehead atoms. The van der Waals surface area contributed by atoms with Crippen LogP contribution in [0.5, 0.6) is 0 Å². The Morgan fingerprint density at radius 3 is 2.89 bits per heavy atom. The number of ether oxygens (including phenoxy) is 1. The van der Waals surface area contributed by atoms with Crippen molar-refractivity contribution in [2.45, 2.75) is 57.6 Å². The number of rotatable bonds is 6. The van der Waals surface area contributed by atoms with Crippen molar-refractivity contribution >= 4 is 5.91 Å². The molecule has 2 heterocycles. The van der Waals surface area contributed by atoms with Gasteiger partial charge in [-0.25, -0.2) is 0 Å². The van der Waals surface area contributed by atoms with Crippen LogP contribution in [0.15, 0.2) is 0 Å². The van der Waals surface area contributed by atoms with E-state index >= 15 is 0 Å². The van der Waals surface area contributed by atoms with Crippen LogP contribution in [0, 0.1) is 0 Å². The van der Waals surface area contributed by atoms with Crippen molar-refractivity contribution in [3.05, 3.63) is 0 Å². The third-order valence-corrected chi connectivity index (χ3v) is 3.90. The Bertz CT molecular complexity index is 259. The number of nitrogens with zero attached hydrogens (tertiary/aromatic N) is 1. The summed E-state index contributed by atoms with van der Waals surface area (Å²) in [6.45, 7) is 5.76. The van der Waals surface area contributed by atoms with E-state index in [4.69, 9.17) is 4.74 Å². The molecule has 2 aliphatic rings. The number of hydrogen-bond acceptors (Lipinski definition) is 3. The van der Waals surface area contributed by atoms with E-state index in [0.29, 0.717) is 6.04 Å². The van der Waals surface area contributed by atoms with E-state index in [-0.39, 0.29) is 12.0 Å². The first-order valence-electron chi connectivity index (χ1n) is 7.45. The first-order chi connectivity index (χ1) is 8.81. The molecule has 2 atom stereocenters. The number of nitrogens with one attached hydrogen (secondary N) is 1. The minimum Gasteiger partial charge on any atom is -0.368 e. The minimum atomic E-state index is -0.164. The number of carbonyl (C=O) groups excluding carboxylic acids is 1. The highest BCUT2D eigenvalue weighted by molar-refractivity contribution is 5.81. The topological polar surface area (TPSA) is 41.6 Å². The van der Waals surface area contributed by atoms with Gasteiger partial charge >= 0.3 is 0 Å². The molecular weight excluding hydrogens is 228 g/mol. The van der Waals surface area contributed by atoms with Crippen molar-refractivity contribution in [3.63, 3.8) is 0 Å². The highest BCUT2D eigenvalue weighted by Gasteiger charge is 2.29. The van der Waals surface area contributed by atoms with Gasteiger partial charge in [0.1, 0.15) is 6.10 Å². The minimum absolute atomic E-state index is 0.164. The summed E-state index contributed by atoms with van der Waals surface area (Å²) in [4.78, 5) is 14.4. The Hall–Kier alpha value is -0.610. The monoisotopic (exact) mass is 254 g/mol. The third-order valence-electron chi connectivity index (χ3n) is 3.90. The summed E-state index contributed by atoms with van der Waals surface area (Å²) in [7, 11) is 0. The number of hydrogen-bond donors (Lipinski definition) is 1. The zero-order chi connectivity index (χ0) is 12.8. The van der Waals surface area contributed by atoms with Crippen molar-refractivity contribution in [1.82, 2.24) is 10.2 Å². The van der Waals surface area contributed by atoms with Gasteiger partial charge < -0.3 is 15.0 Å². The maximum atomic E-state index is 12.4. The Morgan fingerprint density at radius 1 is 1.39 bits per heavy atom. The Labute approximate surface area is 110 Å². The van der Waals surface area contributed by atoms with Gasteiger partial charge in [0, 0.05) is 25.7 Å². The molecule has 2 saturated heterocycles. The molecule has 18 heavy (non-hydrogen) atoms. The number of carbonyl (C=O) groups is 1. The normalized spacial score (nSPS) is 27.6. The lowest BCUT2D eigenvalue weighted by atomic mass is 10.1. The highest BCUT2D eigenvalue weighted by atomic mass is 16.5. The smallest absolute Gasteiger partial charge is 0.251 e. The molecule has 2 fully saturated rings. The molecule has 2 aliphatic heterocycles. The molecule has 2 unspecified atom stereocenters. The molecule has 104 valence electrons. The van der Waals surface area contributed by atoms with E-state index < -0.39 is 0 Å². The fourth-order valence-corrected chi connectivity index (χ4v) is 2.80. The van der Waals surface area contributed by atoms with Crippen LogP contribution >= 0.6 is 0 Å². The van der Waals surface area contributed by atoms with E-state index in [2.05, 4.69) is 12.2 Å². The molecule has 0 aromatic rings. The average molecular weight is 254 g/mol. The van der Waals surface area contributed by atoms with Crippen LogP contribution in [-0.2, 0) is 9.53 Å². The van der Waals surface area contributed by atoms with E-state index in [1.54, 1.807) is 0 Å². The van der Waals surface area contributed by atoms with Crippen molar-refractivity contribution in [2.75, 3.05) is 26.2 Å². The van der Waals surface area contributed by atoms with E-state index in [9.17, 15) is 4.79 Å². The maximum Gasteiger partial charge on any atom is 0.251 e. The maximum absolute atomic E-state index is 12.4. The van der Waals surface area contributed by atoms with Gasteiger partial charge in [0.2, 0.25) is 0 Å². The standard InChI is InChI=1S/C14H26N2O2/c1-2-3-9-16(11-12-6-4-8-15-12)14(17)13-7-5-10-18-13/h12-13,15H,2-11H2,1H3. The molecule has 4 heteroatoms. The summed E-state index contributed by atoms with van der Waals surface area (Å²) in [5, 5.41) is 3.47. The lowest BCUT2D eigenvalue weighted by Gasteiger charge is -2.28. The zero-order valence-corrected chi connectivity index (χ0v) is 11.5. The molecule has 0 aliphatic carbocycles. The molecular formula is C14H26N2O2. The van der Waals surface area contributed by atoms with Crippen LogP contribution in [0.3, 0.4) is 0 Å². The van der Waals surface area contributed by atoms with Crippen molar-refractivity contribution < 1.29 is 9.53 Å². The van der Waals surface area contributed by atoms with Crippen LogP contribution in [0.1, 0.15) is 45.4 Å². The summed E-state index contributed by atoms with van der Waals surface area (Å²) in [6, 6.07) is 0.493. The second-order valence-electron chi connectivity index (χ2n) is 5.43. The quantitative estimate of drug-likeness (QED) is 0.782. The molecule has 1 amide bonds. The summed E-state index contributed by atoms with van der Waals surface area (Å²) < 4.78 is 5.53. The summed E-state index contributed by atoms with van der Waals surface area (Å²) >= 11 is 0. The van der Waals surface area contributed by atoms with E-state index in [1.165, 1.54) is 12.8 Å². The summed E-state index contributed by atoms with van der Waals surface area (Å²) in [5.74, 6) is 0.217. The summed E-state index contributed by atoms with van der Waals surface area (Å²) in [6.07, 6.45) is 6.42. The Morgan fingerprint density at radius 2 is 2.28 bits per heavy atom. The first kappa shape index (κ1) is 13.8. The van der Waals surface area contributed by atoms with Crippen molar-refractivity contribution in [2.24, 2.45) is 0 Å². The van der Waals surface area contributed by atoms with Crippen LogP contribution in [0.25, 0.3) is 0 Å². The molecule has 2 rings (SSSR count). The van der Waals surface area contributed by atoms with Gasteiger partial charge in [0.15, 0.2) is 0 Å². The van der Waals surface area contributed by atoms with Gasteiger partial charge in [-0.3, -0.25) is 4.79 Å². The average Bonchev–Trinajstić information content (AvgIpc) is 3.06. The van der Waals surface area contributed by atoms with E-state index in [1.807, 2.05) is 4.90 Å². The van der Waals surface area contributed by atoms with Gasteiger partial charge in [-0.2, -0.15) is 0 Å². The van der Waals surface area contributed by atoms with Crippen LogP contribution in [-0.4, -0.2) is 49.2 Å². The van der Waals surface area contributed by atoms with Gasteiger partial charge in [0.25, 0.3) is 5.91 Å². The van der Waals surface area contributed by atoms with Gasteiger partial charge in [0.05, 0.1) is 0 Å². The Balaban J connectivity index is 1.87. The van der Waals surface area contributed by atoms with E-state index in [0.717, 1.165) is 51.9 Å². The number of unbranched alkanes of at least 4 members (excludes halogenated alkanes) is 1. The van der Waals surface area contributed by atoms with Gasteiger partial charge in [-0.1, -0.05) is 13.3 Å². The fourth-order valence-electron chi connectivity index (χ4n) is 2.80. The number of amides is 1. The van der Waals surface area contributed by atoms with Crippen LogP contribution in [0.2, 0.25) is 0 Å². The molecule has 4 nitrogen and oxygen atoms in total. The lowest BCUT2D eigenvalue weighted by Crippen LogP contribution is -2.45. The first-order valence-corrected chi connectivity index (χ1v) is 7.45. The molecule has 0 saturated carbocycles. The SMILES string of the molecule is CCCCN(CC1CCCN1)C(=O)C1CCCO1. The predicted molar refractivity (Wildman–Crippen MR) is 71.5 cm³/mol. The predicted octanol–water partition coefficient (Wildman–Crippen LogP) is 1.55. The molecule has 0 aromatic carbocycles. The fraction of sp³-hybridized carbons (Fsp3) is 0.929. The molecule has 0 radical (unpaired) electrons. The van der Waals surface area contributed by atoms with Crippen LogP contribution in [0.4, 0.5) is 0 Å². The van der Waals surface area contributed by atoms with Gasteiger partial charge in [-0.15, -0.1) is 0 Å². The highest BCUT2D eigenvalue weighted by Crippen LogP contribution is 2.16. The van der Waals surface area contributed by atoms with Gasteiger partial charge in [-0.05, 0) is 38.6 Å². The second-order valence-corrected chi connectivity index (χ2v) is 5.43. The zero-order valence-electron chi connectivity index (χ0n) is 11.5. The second kappa shape index (κ2) is 7.10. The van der Waals surface area contributed by atoms with Crippen LogP contribution < -0.4 is 5.32 Å². The Kier molecular flexibility index (Phi) is 5.45. The molecule has 1 N–H and O–H groups in total. The largest absolute Gasteiger partial charge is 0.368 e. The van der Waals surface area contributed by atoms with Crippen molar-refractivity contribution in [1.29, 1.82) is 0 Å². The third kappa shape index (κ3) is 3.69. The molecule has 0 spiro atoms. The lowest BCUT2D eigenvalue weighted by molar-refractivity contribution is -0.141. The summed E-state index contributed by atoms with van der Waals surface area (Å²) in [5.41, 5.74) is 0. The molecule has 0 aromatic heterocycles. The van der Waals surface area contributed by atoms with Crippen molar-refractivity contribution in [3.8, 4) is 0 Å².